The number of anilines is 1. The van der Waals surface area contributed by atoms with E-state index < -0.39 is 15.1 Å². The molecule has 0 bridgehead atoms. The van der Waals surface area contributed by atoms with E-state index in [2.05, 4.69) is 5.32 Å². The fourth-order valence-electron chi connectivity index (χ4n) is 2.84. The van der Waals surface area contributed by atoms with E-state index in [1.54, 1.807) is 6.07 Å². The van der Waals surface area contributed by atoms with Crippen molar-refractivity contribution >= 4 is 21.8 Å². The van der Waals surface area contributed by atoms with Gasteiger partial charge in [-0.25, -0.2) is 0 Å². The first kappa shape index (κ1) is 15.0. The number of amides is 1. The van der Waals surface area contributed by atoms with Gasteiger partial charge in [0, 0.05) is 5.92 Å². The van der Waals surface area contributed by atoms with E-state index in [-0.39, 0.29) is 28.3 Å². The third kappa shape index (κ3) is 2.22. The molecule has 0 heterocycles. The molecule has 1 aromatic rings. The predicted molar refractivity (Wildman–Crippen MR) is 74.4 cm³/mol. The zero-order valence-corrected chi connectivity index (χ0v) is 12.7. The van der Waals surface area contributed by atoms with Gasteiger partial charge in [-0.15, -0.1) is 3.89 Å². The molecule has 4 nitrogen and oxygen atoms in total. The molecule has 0 spiro atoms. The van der Waals surface area contributed by atoms with Crippen molar-refractivity contribution in [3.8, 4) is 0 Å². The maximum Gasteiger partial charge on any atom is 0.334 e. The molecular weight excluding hydrogens is 281 g/mol. The highest BCUT2D eigenvalue weighted by Gasteiger charge is 2.68. The second kappa shape index (κ2) is 4.28. The van der Waals surface area contributed by atoms with Gasteiger partial charge in [-0.2, -0.15) is 8.42 Å². The molecule has 1 fully saturated rings. The molecule has 0 atom stereocenters. The van der Waals surface area contributed by atoms with Crippen LogP contribution >= 0.6 is 0 Å². The van der Waals surface area contributed by atoms with Crippen LogP contribution < -0.4 is 5.32 Å². The normalized spacial score (nSPS) is 20.4. The van der Waals surface area contributed by atoms with Crippen molar-refractivity contribution in [1.29, 1.82) is 0 Å². The minimum atomic E-state index is -4.86. The maximum atomic E-state index is 13.2. The number of nitrogens with one attached hydrogen (secondary N) is 1. The van der Waals surface area contributed by atoms with Crippen molar-refractivity contribution in [2.45, 2.75) is 32.6 Å². The molecule has 1 saturated carbocycles. The minimum absolute atomic E-state index is 0.0153. The second-order valence-electron chi connectivity index (χ2n) is 6.30. The lowest BCUT2D eigenvalue weighted by Gasteiger charge is -2.09. The van der Waals surface area contributed by atoms with Crippen molar-refractivity contribution in [3.05, 3.63) is 24.3 Å². The number of benzene rings is 1. The number of carbonyl (C=O) groups excluding carboxylic acids is 1. The summed E-state index contributed by atoms with van der Waals surface area (Å²) in [4.78, 5) is 11.7. The highest BCUT2D eigenvalue weighted by atomic mass is 32.3. The lowest BCUT2D eigenvalue weighted by Crippen LogP contribution is -2.19. The van der Waals surface area contributed by atoms with Crippen molar-refractivity contribution in [3.63, 3.8) is 0 Å². The van der Waals surface area contributed by atoms with Crippen LogP contribution in [0.25, 0.3) is 0 Å². The zero-order valence-electron chi connectivity index (χ0n) is 11.9. The van der Waals surface area contributed by atoms with Crippen LogP contribution in [0.2, 0.25) is 0 Å². The Balaban J connectivity index is 2.28. The third-order valence-corrected chi connectivity index (χ3v) is 5.57. The summed E-state index contributed by atoms with van der Waals surface area (Å²) in [7, 11) is -4.86. The van der Waals surface area contributed by atoms with E-state index in [1.807, 2.05) is 27.7 Å². The van der Waals surface area contributed by atoms with Gasteiger partial charge >= 0.3 is 10.2 Å². The second-order valence-corrected chi connectivity index (χ2v) is 7.62. The summed E-state index contributed by atoms with van der Waals surface area (Å²) in [5.74, 6) is -0.513. The Hall–Kier alpha value is -1.43. The quantitative estimate of drug-likeness (QED) is 0.873. The molecule has 20 heavy (non-hydrogen) atoms. The molecule has 1 aliphatic carbocycles. The Morgan fingerprint density at radius 3 is 2.10 bits per heavy atom. The SMILES string of the molecule is CC1(C)C(C(=O)Nc2ccccc2S(=O)(=O)F)C1(C)C. The van der Waals surface area contributed by atoms with Gasteiger partial charge in [0.2, 0.25) is 5.91 Å². The van der Waals surface area contributed by atoms with E-state index in [1.165, 1.54) is 12.1 Å². The highest BCUT2D eigenvalue weighted by Crippen LogP contribution is 2.68. The third-order valence-electron chi connectivity index (χ3n) is 4.69. The Labute approximate surface area is 118 Å². The largest absolute Gasteiger partial charge is 0.334 e. The molecular formula is C14H18FNO3S. The van der Waals surface area contributed by atoms with Gasteiger partial charge in [0.1, 0.15) is 4.90 Å². The smallest absolute Gasteiger partial charge is 0.325 e. The lowest BCUT2D eigenvalue weighted by atomic mass is 10.0. The van der Waals surface area contributed by atoms with Crippen LogP contribution in [-0.4, -0.2) is 14.3 Å². The monoisotopic (exact) mass is 299 g/mol. The highest BCUT2D eigenvalue weighted by molar-refractivity contribution is 7.86. The van der Waals surface area contributed by atoms with Crippen molar-refractivity contribution in [2.24, 2.45) is 16.7 Å². The standard InChI is InChI=1S/C14H18FNO3S/c1-13(2)11(14(13,3)4)12(17)16-9-7-5-6-8-10(9)20(15,18)19/h5-8,11H,1-4H3,(H,16,17). The van der Waals surface area contributed by atoms with Crippen LogP contribution in [0.1, 0.15) is 27.7 Å². The van der Waals surface area contributed by atoms with Crippen molar-refractivity contribution in [1.82, 2.24) is 0 Å². The molecule has 0 aliphatic heterocycles. The maximum absolute atomic E-state index is 13.2. The van der Waals surface area contributed by atoms with E-state index >= 15 is 0 Å². The van der Waals surface area contributed by atoms with Gasteiger partial charge in [0.15, 0.2) is 0 Å². The fraction of sp³-hybridized carbons (Fsp3) is 0.500. The summed E-state index contributed by atoms with van der Waals surface area (Å²) >= 11 is 0. The number of hydrogen-bond acceptors (Lipinski definition) is 3. The number of halogens is 1. The lowest BCUT2D eigenvalue weighted by molar-refractivity contribution is -0.118. The van der Waals surface area contributed by atoms with Crippen LogP contribution in [0.5, 0.6) is 0 Å². The van der Waals surface area contributed by atoms with Crippen molar-refractivity contribution < 1.29 is 17.1 Å². The first-order chi connectivity index (χ1) is 8.99. The van der Waals surface area contributed by atoms with Gasteiger partial charge < -0.3 is 5.32 Å². The van der Waals surface area contributed by atoms with E-state index in [0.717, 1.165) is 6.07 Å². The van der Waals surface area contributed by atoms with Crippen LogP contribution in [0.15, 0.2) is 29.2 Å². The average molecular weight is 299 g/mol. The summed E-state index contributed by atoms with van der Waals surface area (Å²) in [5.41, 5.74) is -0.347. The first-order valence-corrected chi connectivity index (χ1v) is 7.72. The van der Waals surface area contributed by atoms with Gasteiger partial charge in [-0.05, 0) is 23.0 Å². The topological polar surface area (TPSA) is 63.2 Å². The molecule has 110 valence electrons. The Bertz CT molecular complexity index is 651. The van der Waals surface area contributed by atoms with Crippen LogP contribution in [0.3, 0.4) is 0 Å². The molecule has 1 amide bonds. The number of carbonyl (C=O) groups is 1. The van der Waals surface area contributed by atoms with Crippen LogP contribution in [0, 0.1) is 16.7 Å². The van der Waals surface area contributed by atoms with Gasteiger partial charge in [-0.1, -0.05) is 39.8 Å². The van der Waals surface area contributed by atoms with Gasteiger partial charge in [0.25, 0.3) is 0 Å². The summed E-state index contributed by atoms with van der Waals surface area (Å²) in [6, 6.07) is 5.47. The predicted octanol–water partition coefficient (Wildman–Crippen LogP) is 2.97. The summed E-state index contributed by atoms with van der Waals surface area (Å²) < 4.78 is 35.3. The van der Waals surface area contributed by atoms with Gasteiger partial charge in [0.05, 0.1) is 5.69 Å². The number of para-hydroxylation sites is 1. The Morgan fingerprint density at radius 2 is 1.65 bits per heavy atom. The average Bonchev–Trinajstić information content (AvgIpc) is 2.68. The number of hydrogen-bond donors (Lipinski definition) is 1. The van der Waals surface area contributed by atoms with E-state index in [4.69, 9.17) is 0 Å². The molecule has 1 aromatic carbocycles. The Morgan fingerprint density at radius 1 is 1.15 bits per heavy atom. The molecule has 6 heteroatoms. The molecule has 2 rings (SSSR count). The first-order valence-electron chi connectivity index (χ1n) is 6.34. The van der Waals surface area contributed by atoms with E-state index in [0.29, 0.717) is 0 Å². The molecule has 0 saturated heterocycles. The number of rotatable bonds is 3. The summed E-state index contributed by atoms with van der Waals surface area (Å²) in [5, 5.41) is 2.53. The van der Waals surface area contributed by atoms with Gasteiger partial charge in [-0.3, -0.25) is 4.79 Å². The molecule has 1 N–H and O–H groups in total. The fourth-order valence-corrected chi connectivity index (χ4v) is 3.46. The minimum Gasteiger partial charge on any atom is -0.325 e. The molecule has 0 unspecified atom stereocenters. The summed E-state index contributed by atoms with van der Waals surface area (Å²) in [6.45, 7) is 7.92. The molecule has 1 aliphatic rings. The van der Waals surface area contributed by atoms with Crippen LogP contribution in [-0.2, 0) is 15.0 Å². The van der Waals surface area contributed by atoms with Crippen molar-refractivity contribution in [2.75, 3.05) is 5.32 Å². The molecule has 0 radical (unpaired) electrons. The Kier molecular flexibility index (Phi) is 3.20. The zero-order chi connectivity index (χ0) is 15.3. The van der Waals surface area contributed by atoms with Crippen LogP contribution in [0.4, 0.5) is 9.57 Å². The summed E-state index contributed by atoms with van der Waals surface area (Å²) in [6.07, 6.45) is 0. The van der Waals surface area contributed by atoms with E-state index in [9.17, 15) is 17.1 Å². The molecule has 0 aromatic heterocycles.